The summed E-state index contributed by atoms with van der Waals surface area (Å²) in [5.41, 5.74) is 0. The Bertz CT molecular complexity index is 497. The molecule has 0 aromatic rings. The van der Waals surface area contributed by atoms with E-state index in [0.29, 0.717) is 32.0 Å². The van der Waals surface area contributed by atoms with Crippen LogP contribution in [0.2, 0.25) is 0 Å². The zero-order chi connectivity index (χ0) is 18.6. The fourth-order valence-electron chi connectivity index (χ4n) is 3.05. The molecule has 0 atom stereocenters. The second kappa shape index (κ2) is 8.65. The van der Waals surface area contributed by atoms with Crippen LogP contribution in [-0.2, 0) is 14.4 Å². The molecule has 1 saturated carbocycles. The quantitative estimate of drug-likeness (QED) is 0.715. The minimum absolute atomic E-state index is 0.0125. The highest BCUT2D eigenvalue weighted by atomic mass is 16.2. The standard InChI is InChI=1S/C18H32N4O3/c1-13(2)21(4)18(25)14-7-9-22(10-8-14)17(24)12-20(3)11-16(23)19-15-5-6-15/h13-15H,5-12H2,1-4H3,(H,19,23). The molecule has 0 spiro atoms. The van der Waals surface area contributed by atoms with Crippen LogP contribution in [0.25, 0.3) is 0 Å². The van der Waals surface area contributed by atoms with Gasteiger partial charge in [0.15, 0.2) is 0 Å². The van der Waals surface area contributed by atoms with Gasteiger partial charge in [0.1, 0.15) is 0 Å². The maximum atomic E-state index is 12.4. The van der Waals surface area contributed by atoms with E-state index in [0.717, 1.165) is 12.8 Å². The molecule has 0 aromatic carbocycles. The summed E-state index contributed by atoms with van der Waals surface area (Å²) in [7, 11) is 3.63. The van der Waals surface area contributed by atoms with Gasteiger partial charge in [-0.15, -0.1) is 0 Å². The van der Waals surface area contributed by atoms with Gasteiger partial charge >= 0.3 is 0 Å². The first-order valence-electron chi connectivity index (χ1n) is 9.30. The van der Waals surface area contributed by atoms with E-state index in [9.17, 15) is 14.4 Å². The number of hydrogen-bond donors (Lipinski definition) is 1. The number of nitrogens with one attached hydrogen (secondary N) is 1. The van der Waals surface area contributed by atoms with Gasteiger partial charge in [-0.3, -0.25) is 19.3 Å². The summed E-state index contributed by atoms with van der Waals surface area (Å²) in [5.74, 6) is 0.207. The van der Waals surface area contributed by atoms with Gasteiger partial charge in [0.25, 0.3) is 0 Å². The molecule has 1 saturated heterocycles. The minimum atomic E-state index is -0.0150. The van der Waals surface area contributed by atoms with E-state index in [1.54, 1.807) is 16.8 Å². The topological polar surface area (TPSA) is 73.0 Å². The van der Waals surface area contributed by atoms with Crippen LogP contribution in [0.3, 0.4) is 0 Å². The van der Waals surface area contributed by atoms with Gasteiger partial charge in [0, 0.05) is 38.1 Å². The van der Waals surface area contributed by atoms with Gasteiger partial charge in [0.05, 0.1) is 13.1 Å². The van der Waals surface area contributed by atoms with Crippen molar-refractivity contribution in [2.24, 2.45) is 5.92 Å². The molecular formula is C18H32N4O3. The molecule has 2 fully saturated rings. The van der Waals surface area contributed by atoms with E-state index in [4.69, 9.17) is 0 Å². The van der Waals surface area contributed by atoms with Crippen LogP contribution in [0.15, 0.2) is 0 Å². The Morgan fingerprint density at radius 1 is 1.04 bits per heavy atom. The van der Waals surface area contributed by atoms with E-state index in [-0.39, 0.29) is 42.8 Å². The fourth-order valence-corrected chi connectivity index (χ4v) is 3.05. The Morgan fingerprint density at radius 3 is 2.16 bits per heavy atom. The number of likely N-dealkylation sites (tertiary alicyclic amines) is 1. The average Bonchev–Trinajstić information content (AvgIpc) is 3.36. The molecule has 3 amide bonds. The van der Waals surface area contributed by atoms with Crippen LogP contribution in [0.4, 0.5) is 0 Å². The summed E-state index contributed by atoms with van der Waals surface area (Å²) in [6.07, 6.45) is 3.56. The highest BCUT2D eigenvalue weighted by Gasteiger charge is 2.30. The van der Waals surface area contributed by atoms with Gasteiger partial charge in [-0.05, 0) is 46.6 Å². The van der Waals surface area contributed by atoms with Gasteiger partial charge in [-0.2, -0.15) is 0 Å². The lowest BCUT2D eigenvalue weighted by molar-refractivity contribution is -0.141. The summed E-state index contributed by atoms with van der Waals surface area (Å²) in [6, 6.07) is 0.541. The summed E-state index contributed by atoms with van der Waals surface area (Å²) in [4.78, 5) is 41.9. The average molecular weight is 352 g/mol. The number of carbonyl (C=O) groups is 3. The molecule has 1 aliphatic carbocycles. The Labute approximate surface area is 150 Å². The van der Waals surface area contributed by atoms with Crippen molar-refractivity contribution in [3.63, 3.8) is 0 Å². The Kier molecular flexibility index (Phi) is 6.81. The minimum Gasteiger partial charge on any atom is -0.352 e. The van der Waals surface area contributed by atoms with Crippen LogP contribution in [0.5, 0.6) is 0 Å². The molecule has 0 bridgehead atoms. The SMILES string of the molecule is CC(C)N(C)C(=O)C1CCN(C(=O)CN(C)CC(=O)NC2CC2)CC1. The van der Waals surface area contributed by atoms with E-state index < -0.39 is 0 Å². The van der Waals surface area contributed by atoms with Crippen LogP contribution >= 0.6 is 0 Å². The maximum absolute atomic E-state index is 12.4. The van der Waals surface area contributed by atoms with E-state index in [1.807, 2.05) is 25.8 Å². The molecule has 2 aliphatic rings. The Balaban J connectivity index is 1.71. The molecule has 1 aliphatic heterocycles. The molecule has 0 aromatic heterocycles. The number of rotatable bonds is 7. The number of likely N-dealkylation sites (N-methyl/N-ethyl adjacent to an activating group) is 1. The number of hydrogen-bond acceptors (Lipinski definition) is 4. The van der Waals surface area contributed by atoms with E-state index in [2.05, 4.69) is 5.32 Å². The molecule has 1 heterocycles. The lowest BCUT2D eigenvalue weighted by Gasteiger charge is -2.35. The van der Waals surface area contributed by atoms with Crippen LogP contribution in [-0.4, -0.2) is 84.8 Å². The van der Waals surface area contributed by atoms with Crippen molar-refractivity contribution in [2.45, 2.75) is 51.6 Å². The first kappa shape index (κ1) is 19.7. The lowest BCUT2D eigenvalue weighted by Crippen LogP contribution is -2.48. The Hall–Kier alpha value is -1.63. The van der Waals surface area contributed by atoms with Crippen LogP contribution < -0.4 is 5.32 Å². The fraction of sp³-hybridized carbons (Fsp3) is 0.833. The lowest BCUT2D eigenvalue weighted by atomic mass is 9.95. The second-order valence-corrected chi connectivity index (χ2v) is 7.71. The van der Waals surface area contributed by atoms with Crippen molar-refractivity contribution in [2.75, 3.05) is 40.3 Å². The van der Waals surface area contributed by atoms with Crippen molar-refractivity contribution in [1.82, 2.24) is 20.0 Å². The molecule has 1 N–H and O–H groups in total. The first-order chi connectivity index (χ1) is 11.8. The molecule has 0 radical (unpaired) electrons. The molecule has 25 heavy (non-hydrogen) atoms. The van der Waals surface area contributed by atoms with E-state index >= 15 is 0 Å². The molecule has 2 rings (SSSR count). The van der Waals surface area contributed by atoms with Crippen molar-refractivity contribution in [3.05, 3.63) is 0 Å². The number of carbonyl (C=O) groups excluding carboxylic acids is 3. The third kappa shape index (κ3) is 5.99. The molecule has 7 nitrogen and oxygen atoms in total. The largest absolute Gasteiger partial charge is 0.352 e. The first-order valence-corrected chi connectivity index (χ1v) is 9.30. The molecular weight excluding hydrogens is 320 g/mol. The maximum Gasteiger partial charge on any atom is 0.236 e. The highest BCUT2D eigenvalue weighted by Crippen LogP contribution is 2.20. The zero-order valence-electron chi connectivity index (χ0n) is 16.0. The van der Waals surface area contributed by atoms with Gasteiger partial charge in [0.2, 0.25) is 17.7 Å². The molecule has 7 heteroatoms. The van der Waals surface area contributed by atoms with Crippen LogP contribution in [0, 0.1) is 5.92 Å². The predicted octanol–water partition coefficient (Wildman–Crippen LogP) is 0.302. The van der Waals surface area contributed by atoms with Gasteiger partial charge in [-0.1, -0.05) is 0 Å². The number of nitrogens with zero attached hydrogens (tertiary/aromatic N) is 3. The smallest absolute Gasteiger partial charge is 0.236 e. The van der Waals surface area contributed by atoms with Crippen molar-refractivity contribution >= 4 is 17.7 Å². The molecule has 0 unspecified atom stereocenters. The summed E-state index contributed by atoms with van der Waals surface area (Å²) >= 11 is 0. The monoisotopic (exact) mass is 352 g/mol. The third-order valence-electron chi connectivity index (χ3n) is 5.08. The van der Waals surface area contributed by atoms with E-state index in [1.165, 1.54) is 0 Å². The third-order valence-corrected chi connectivity index (χ3v) is 5.08. The van der Waals surface area contributed by atoms with Gasteiger partial charge < -0.3 is 15.1 Å². The number of amides is 3. The Morgan fingerprint density at radius 2 is 1.64 bits per heavy atom. The summed E-state index contributed by atoms with van der Waals surface area (Å²) < 4.78 is 0. The van der Waals surface area contributed by atoms with Crippen molar-refractivity contribution in [3.8, 4) is 0 Å². The second-order valence-electron chi connectivity index (χ2n) is 7.71. The predicted molar refractivity (Wildman–Crippen MR) is 95.9 cm³/mol. The van der Waals surface area contributed by atoms with Gasteiger partial charge in [-0.25, -0.2) is 0 Å². The summed E-state index contributed by atoms with van der Waals surface area (Å²) in [5, 5.41) is 2.93. The van der Waals surface area contributed by atoms with Crippen molar-refractivity contribution < 1.29 is 14.4 Å². The summed E-state index contributed by atoms with van der Waals surface area (Å²) in [6.45, 7) is 5.73. The zero-order valence-corrected chi connectivity index (χ0v) is 16.0. The number of piperidine rings is 1. The van der Waals surface area contributed by atoms with Crippen LogP contribution in [0.1, 0.15) is 39.5 Å². The normalized spacial score (nSPS) is 18.6. The molecule has 142 valence electrons. The highest BCUT2D eigenvalue weighted by molar-refractivity contribution is 5.82. The van der Waals surface area contributed by atoms with Crippen molar-refractivity contribution in [1.29, 1.82) is 0 Å².